The topological polar surface area (TPSA) is 60.0 Å². The van der Waals surface area contributed by atoms with Gasteiger partial charge in [0.25, 0.3) is 5.91 Å². The third-order valence-electron chi connectivity index (χ3n) is 5.08. The number of methoxy groups -OCH3 is 1. The van der Waals surface area contributed by atoms with Gasteiger partial charge >= 0.3 is 0 Å². The van der Waals surface area contributed by atoms with Crippen LogP contribution in [0.1, 0.15) is 6.42 Å². The molecule has 1 fully saturated rings. The summed E-state index contributed by atoms with van der Waals surface area (Å²) >= 11 is 0. The number of benzene rings is 2. The molecule has 4 rings (SSSR count). The monoisotopic (exact) mass is 368 g/mol. The number of para-hydroxylation sites is 4. The Morgan fingerprint density at radius 3 is 2.81 bits per heavy atom. The van der Waals surface area contributed by atoms with E-state index in [1.165, 1.54) is 0 Å². The molecule has 6 heteroatoms. The molecule has 0 unspecified atom stereocenters. The van der Waals surface area contributed by atoms with Crippen molar-refractivity contribution >= 4 is 11.6 Å². The fourth-order valence-corrected chi connectivity index (χ4v) is 3.62. The van der Waals surface area contributed by atoms with Gasteiger partial charge in [-0.2, -0.15) is 0 Å². The highest BCUT2D eigenvalue weighted by Crippen LogP contribution is 2.32. The number of carbonyl (C=O) groups is 1. The number of hydrogen-bond donors (Lipinski definition) is 1. The van der Waals surface area contributed by atoms with Gasteiger partial charge in [-0.3, -0.25) is 4.79 Å². The van der Waals surface area contributed by atoms with Gasteiger partial charge in [0.2, 0.25) is 6.10 Å². The first-order valence-electron chi connectivity index (χ1n) is 9.29. The molecule has 6 nitrogen and oxygen atoms in total. The summed E-state index contributed by atoms with van der Waals surface area (Å²) in [5, 5.41) is 3.02. The lowest BCUT2D eigenvalue weighted by molar-refractivity contribution is -0.130. The van der Waals surface area contributed by atoms with E-state index in [1.54, 1.807) is 7.11 Å². The highest BCUT2D eigenvalue weighted by molar-refractivity contribution is 5.81. The summed E-state index contributed by atoms with van der Waals surface area (Å²) < 4.78 is 16.8. The van der Waals surface area contributed by atoms with Crippen molar-refractivity contribution in [2.24, 2.45) is 5.92 Å². The van der Waals surface area contributed by atoms with Crippen LogP contribution in [-0.2, 0) is 4.79 Å². The van der Waals surface area contributed by atoms with Gasteiger partial charge in [-0.25, -0.2) is 0 Å². The smallest absolute Gasteiger partial charge is 0.264 e. The lowest BCUT2D eigenvalue weighted by atomic mass is 10.1. The Hall–Kier alpha value is -2.89. The van der Waals surface area contributed by atoms with Crippen molar-refractivity contribution in [3.05, 3.63) is 48.5 Å². The first-order valence-corrected chi connectivity index (χ1v) is 9.29. The van der Waals surface area contributed by atoms with Gasteiger partial charge in [0.15, 0.2) is 11.5 Å². The molecule has 1 saturated heterocycles. The number of nitrogens with one attached hydrogen (secondary N) is 1. The van der Waals surface area contributed by atoms with Gasteiger partial charge in [-0.1, -0.05) is 24.3 Å². The number of fused-ring (bicyclic) bond motifs is 1. The number of anilines is 1. The minimum absolute atomic E-state index is 0.125. The maximum absolute atomic E-state index is 12.5. The zero-order valence-electron chi connectivity index (χ0n) is 15.4. The third-order valence-corrected chi connectivity index (χ3v) is 5.08. The normalized spacial score (nSPS) is 21.0. The van der Waals surface area contributed by atoms with Gasteiger partial charge in [0.05, 0.1) is 12.8 Å². The molecule has 142 valence electrons. The standard InChI is InChI=1S/C21H24N2O4/c1-25-17-7-3-2-6-16(17)23-11-10-15(13-23)12-22-21(24)20-14-26-18-8-4-5-9-19(18)27-20/h2-9,15,20H,10-14H2,1H3,(H,22,24)/t15-,20+/m1/s1. The number of ether oxygens (including phenoxy) is 3. The van der Waals surface area contributed by atoms with Crippen molar-refractivity contribution in [2.45, 2.75) is 12.5 Å². The van der Waals surface area contributed by atoms with Crippen molar-refractivity contribution in [3.63, 3.8) is 0 Å². The van der Waals surface area contributed by atoms with Crippen LogP contribution in [0.3, 0.4) is 0 Å². The molecule has 2 aliphatic rings. The Kier molecular flexibility index (Phi) is 5.05. The molecule has 2 atom stereocenters. The molecular formula is C21H24N2O4. The molecular weight excluding hydrogens is 344 g/mol. The number of nitrogens with zero attached hydrogens (tertiary/aromatic N) is 1. The maximum atomic E-state index is 12.5. The second kappa shape index (κ2) is 7.78. The fraction of sp³-hybridized carbons (Fsp3) is 0.381. The predicted octanol–water partition coefficient (Wildman–Crippen LogP) is 2.48. The quantitative estimate of drug-likeness (QED) is 0.879. The van der Waals surface area contributed by atoms with E-state index in [1.807, 2.05) is 42.5 Å². The summed E-state index contributed by atoms with van der Waals surface area (Å²) in [6.07, 6.45) is 0.426. The number of amides is 1. The van der Waals surface area contributed by atoms with E-state index in [4.69, 9.17) is 14.2 Å². The van der Waals surface area contributed by atoms with E-state index in [-0.39, 0.29) is 12.5 Å². The molecule has 2 heterocycles. The van der Waals surface area contributed by atoms with Crippen LogP contribution in [0.2, 0.25) is 0 Å². The van der Waals surface area contributed by atoms with Crippen LogP contribution in [0.25, 0.3) is 0 Å². The summed E-state index contributed by atoms with van der Waals surface area (Å²) in [6.45, 7) is 2.72. The van der Waals surface area contributed by atoms with Crippen molar-refractivity contribution < 1.29 is 19.0 Å². The Labute approximate surface area is 159 Å². The van der Waals surface area contributed by atoms with E-state index in [2.05, 4.69) is 16.3 Å². The van der Waals surface area contributed by atoms with Crippen LogP contribution in [0, 0.1) is 5.92 Å². The molecule has 2 aliphatic heterocycles. The van der Waals surface area contributed by atoms with Crippen molar-refractivity contribution in [1.29, 1.82) is 0 Å². The summed E-state index contributed by atoms with van der Waals surface area (Å²) in [5.74, 6) is 2.46. The van der Waals surface area contributed by atoms with Crippen molar-refractivity contribution in [1.82, 2.24) is 5.32 Å². The number of rotatable bonds is 5. The van der Waals surface area contributed by atoms with E-state index in [9.17, 15) is 4.79 Å². The Morgan fingerprint density at radius 1 is 1.19 bits per heavy atom. The molecule has 0 aromatic heterocycles. The highest BCUT2D eigenvalue weighted by Gasteiger charge is 2.29. The SMILES string of the molecule is COc1ccccc1N1CC[C@H](CNC(=O)[C@@H]2COc3ccccc3O2)C1. The zero-order valence-corrected chi connectivity index (χ0v) is 15.4. The second-order valence-corrected chi connectivity index (χ2v) is 6.88. The van der Waals surface area contributed by atoms with E-state index in [0.717, 1.165) is 30.9 Å². The Morgan fingerprint density at radius 2 is 1.96 bits per heavy atom. The molecule has 0 saturated carbocycles. The maximum Gasteiger partial charge on any atom is 0.264 e. The summed E-state index contributed by atoms with van der Waals surface area (Å²) in [5.41, 5.74) is 1.11. The van der Waals surface area contributed by atoms with E-state index in [0.29, 0.717) is 24.0 Å². The lowest BCUT2D eigenvalue weighted by Crippen LogP contribution is -2.45. The number of hydrogen-bond acceptors (Lipinski definition) is 5. The highest BCUT2D eigenvalue weighted by atomic mass is 16.6. The molecule has 1 N–H and O–H groups in total. The minimum Gasteiger partial charge on any atom is -0.495 e. The average molecular weight is 368 g/mol. The molecule has 0 bridgehead atoms. The van der Waals surface area contributed by atoms with Crippen LogP contribution in [0.5, 0.6) is 17.2 Å². The Bertz CT molecular complexity index is 810. The first kappa shape index (κ1) is 17.5. The van der Waals surface area contributed by atoms with E-state index < -0.39 is 6.10 Å². The van der Waals surface area contributed by atoms with Crippen LogP contribution >= 0.6 is 0 Å². The van der Waals surface area contributed by atoms with Gasteiger partial charge in [-0.15, -0.1) is 0 Å². The van der Waals surface area contributed by atoms with Gasteiger partial charge in [-0.05, 0) is 36.6 Å². The lowest BCUT2D eigenvalue weighted by Gasteiger charge is -2.26. The zero-order chi connectivity index (χ0) is 18.6. The van der Waals surface area contributed by atoms with Gasteiger partial charge < -0.3 is 24.4 Å². The molecule has 27 heavy (non-hydrogen) atoms. The molecule has 0 spiro atoms. The van der Waals surface area contributed by atoms with Crippen LogP contribution in [0.4, 0.5) is 5.69 Å². The van der Waals surface area contributed by atoms with Crippen LogP contribution < -0.4 is 24.4 Å². The molecule has 2 aromatic carbocycles. The second-order valence-electron chi connectivity index (χ2n) is 6.88. The molecule has 0 radical (unpaired) electrons. The molecule has 1 amide bonds. The Balaban J connectivity index is 1.29. The minimum atomic E-state index is -0.605. The molecule has 2 aromatic rings. The summed E-state index contributed by atoms with van der Waals surface area (Å²) in [7, 11) is 1.69. The van der Waals surface area contributed by atoms with Crippen LogP contribution in [0.15, 0.2) is 48.5 Å². The summed E-state index contributed by atoms with van der Waals surface area (Å²) in [6, 6.07) is 15.5. The first-order chi connectivity index (χ1) is 13.2. The average Bonchev–Trinajstić information content (AvgIpc) is 3.20. The van der Waals surface area contributed by atoms with E-state index >= 15 is 0 Å². The van der Waals surface area contributed by atoms with Crippen LogP contribution in [-0.4, -0.2) is 45.4 Å². The fourth-order valence-electron chi connectivity index (χ4n) is 3.62. The third kappa shape index (κ3) is 3.79. The van der Waals surface area contributed by atoms with Gasteiger partial charge in [0, 0.05) is 19.6 Å². The van der Waals surface area contributed by atoms with Gasteiger partial charge in [0.1, 0.15) is 12.4 Å². The predicted molar refractivity (Wildman–Crippen MR) is 103 cm³/mol. The largest absolute Gasteiger partial charge is 0.495 e. The van der Waals surface area contributed by atoms with Crippen molar-refractivity contribution in [3.8, 4) is 17.2 Å². The van der Waals surface area contributed by atoms with Crippen molar-refractivity contribution in [2.75, 3.05) is 38.3 Å². The summed E-state index contributed by atoms with van der Waals surface area (Å²) in [4.78, 5) is 14.8. The number of carbonyl (C=O) groups excluding carboxylic acids is 1. The molecule has 0 aliphatic carbocycles.